The maximum Gasteiger partial charge on any atom is 0.257 e. The third kappa shape index (κ3) is 4.77. The summed E-state index contributed by atoms with van der Waals surface area (Å²) in [5.74, 6) is -0.541. The fourth-order valence-electron chi connectivity index (χ4n) is 3.06. The highest BCUT2D eigenvalue weighted by Gasteiger charge is 2.24. The second-order valence-electron chi connectivity index (χ2n) is 6.42. The summed E-state index contributed by atoms with van der Waals surface area (Å²) in [7, 11) is -3.48. The van der Waals surface area contributed by atoms with E-state index in [9.17, 15) is 18.0 Å². The lowest BCUT2D eigenvalue weighted by molar-refractivity contribution is -0.130. The molecule has 0 spiro atoms. The van der Waals surface area contributed by atoms with E-state index in [4.69, 9.17) is 4.42 Å². The fourth-order valence-corrected chi connectivity index (χ4v) is 4.32. The van der Waals surface area contributed by atoms with Crippen LogP contribution in [0.5, 0.6) is 0 Å². The monoisotopic (exact) mass is 390 g/mol. The molecule has 27 heavy (non-hydrogen) atoms. The number of hydrogen-bond donors (Lipinski definition) is 0. The Labute approximate surface area is 158 Å². The highest BCUT2D eigenvalue weighted by Crippen LogP contribution is 2.14. The zero-order valence-corrected chi connectivity index (χ0v) is 15.7. The fraction of sp³-hybridized carbons (Fsp3) is 0.368. The van der Waals surface area contributed by atoms with Crippen LogP contribution in [0.15, 0.2) is 58.2 Å². The van der Waals surface area contributed by atoms with Crippen molar-refractivity contribution in [3.8, 4) is 0 Å². The van der Waals surface area contributed by atoms with E-state index in [1.807, 2.05) is 0 Å². The molecular formula is C19H22N2O5S. The smallest absolute Gasteiger partial charge is 0.257 e. The molecule has 8 heteroatoms. The molecule has 0 N–H and O–H groups in total. The van der Waals surface area contributed by atoms with Gasteiger partial charge < -0.3 is 14.2 Å². The second kappa shape index (κ2) is 8.39. The molecule has 0 bridgehead atoms. The van der Waals surface area contributed by atoms with E-state index >= 15 is 0 Å². The lowest BCUT2D eigenvalue weighted by Crippen LogP contribution is -2.37. The molecule has 2 aromatic rings. The van der Waals surface area contributed by atoms with Crippen LogP contribution in [0.2, 0.25) is 0 Å². The molecule has 1 aliphatic rings. The topological polar surface area (TPSA) is 87.9 Å². The number of nitrogens with zero attached hydrogens (tertiary/aromatic N) is 2. The SMILES string of the molecule is O=C(CCS(=O)(=O)c1ccccc1)N1CCCN(C(=O)c2ccoc2)CC1. The van der Waals surface area contributed by atoms with Crippen LogP contribution in [0.4, 0.5) is 0 Å². The van der Waals surface area contributed by atoms with Gasteiger partial charge in [-0.25, -0.2) is 8.42 Å². The first-order valence-electron chi connectivity index (χ1n) is 8.84. The Kier molecular flexibility index (Phi) is 5.95. The van der Waals surface area contributed by atoms with Crippen molar-refractivity contribution in [2.24, 2.45) is 0 Å². The van der Waals surface area contributed by atoms with Gasteiger partial charge in [0.05, 0.1) is 22.5 Å². The molecule has 1 aliphatic heterocycles. The Bertz CT molecular complexity index is 878. The predicted molar refractivity (Wildman–Crippen MR) is 98.9 cm³/mol. The van der Waals surface area contributed by atoms with Gasteiger partial charge in [0.2, 0.25) is 5.91 Å². The number of rotatable bonds is 5. The van der Waals surface area contributed by atoms with Crippen LogP contribution in [-0.4, -0.2) is 62.0 Å². The van der Waals surface area contributed by atoms with Crippen molar-refractivity contribution < 1.29 is 22.4 Å². The van der Waals surface area contributed by atoms with Gasteiger partial charge >= 0.3 is 0 Å². The molecule has 1 aromatic heterocycles. The molecule has 0 saturated carbocycles. The van der Waals surface area contributed by atoms with E-state index in [1.54, 1.807) is 34.1 Å². The molecule has 2 amide bonds. The van der Waals surface area contributed by atoms with Crippen LogP contribution in [0, 0.1) is 0 Å². The second-order valence-corrected chi connectivity index (χ2v) is 8.53. The van der Waals surface area contributed by atoms with E-state index in [0.29, 0.717) is 38.2 Å². The van der Waals surface area contributed by atoms with Crippen molar-refractivity contribution in [2.75, 3.05) is 31.9 Å². The first kappa shape index (κ1) is 19.2. The van der Waals surface area contributed by atoms with Crippen LogP contribution in [-0.2, 0) is 14.6 Å². The van der Waals surface area contributed by atoms with Crippen molar-refractivity contribution in [1.29, 1.82) is 0 Å². The first-order valence-corrected chi connectivity index (χ1v) is 10.5. The van der Waals surface area contributed by atoms with Crippen molar-refractivity contribution >= 4 is 21.7 Å². The van der Waals surface area contributed by atoms with Crippen molar-refractivity contribution in [3.05, 3.63) is 54.5 Å². The van der Waals surface area contributed by atoms with Crippen LogP contribution in [0.25, 0.3) is 0 Å². The van der Waals surface area contributed by atoms with Gasteiger partial charge in [0.1, 0.15) is 6.26 Å². The van der Waals surface area contributed by atoms with Gasteiger partial charge in [-0.15, -0.1) is 0 Å². The van der Waals surface area contributed by atoms with Crippen molar-refractivity contribution in [2.45, 2.75) is 17.7 Å². The largest absolute Gasteiger partial charge is 0.472 e. The number of sulfone groups is 1. The highest BCUT2D eigenvalue weighted by atomic mass is 32.2. The van der Waals surface area contributed by atoms with Crippen LogP contribution < -0.4 is 0 Å². The molecule has 0 unspecified atom stereocenters. The number of furan rings is 1. The average Bonchev–Trinajstić information content (AvgIpc) is 3.11. The molecular weight excluding hydrogens is 368 g/mol. The summed E-state index contributed by atoms with van der Waals surface area (Å²) in [5.41, 5.74) is 0.490. The lowest BCUT2D eigenvalue weighted by atomic mass is 10.3. The molecule has 1 aromatic carbocycles. The molecule has 3 rings (SSSR count). The number of carbonyl (C=O) groups is 2. The molecule has 2 heterocycles. The van der Waals surface area contributed by atoms with E-state index in [2.05, 4.69) is 0 Å². The molecule has 7 nitrogen and oxygen atoms in total. The van der Waals surface area contributed by atoms with Gasteiger partial charge in [-0.2, -0.15) is 0 Å². The number of amides is 2. The minimum atomic E-state index is -3.48. The average molecular weight is 390 g/mol. The summed E-state index contributed by atoms with van der Waals surface area (Å²) in [6.07, 6.45) is 3.45. The summed E-state index contributed by atoms with van der Waals surface area (Å²) in [6, 6.07) is 9.75. The lowest BCUT2D eigenvalue weighted by Gasteiger charge is -2.22. The molecule has 0 atom stereocenters. The normalized spacial score (nSPS) is 15.4. The third-order valence-corrected chi connectivity index (χ3v) is 6.32. The van der Waals surface area contributed by atoms with Crippen LogP contribution in [0.1, 0.15) is 23.2 Å². The number of carbonyl (C=O) groups excluding carboxylic acids is 2. The Morgan fingerprint density at radius 3 is 2.37 bits per heavy atom. The maximum atomic E-state index is 12.5. The van der Waals surface area contributed by atoms with E-state index in [1.165, 1.54) is 24.7 Å². The Balaban J connectivity index is 1.54. The predicted octanol–water partition coefficient (Wildman–Crippen LogP) is 1.82. The zero-order chi connectivity index (χ0) is 19.3. The van der Waals surface area contributed by atoms with E-state index < -0.39 is 9.84 Å². The van der Waals surface area contributed by atoms with Gasteiger partial charge in [0.15, 0.2) is 9.84 Å². The van der Waals surface area contributed by atoms with E-state index in [-0.39, 0.29) is 28.9 Å². The summed E-state index contributed by atoms with van der Waals surface area (Å²) < 4.78 is 29.6. The Morgan fingerprint density at radius 1 is 0.963 bits per heavy atom. The van der Waals surface area contributed by atoms with Crippen molar-refractivity contribution in [1.82, 2.24) is 9.80 Å². The van der Waals surface area contributed by atoms with Crippen LogP contribution in [0.3, 0.4) is 0 Å². The number of benzene rings is 1. The van der Waals surface area contributed by atoms with E-state index in [0.717, 1.165) is 0 Å². The summed E-state index contributed by atoms with van der Waals surface area (Å²) in [5, 5.41) is 0. The molecule has 144 valence electrons. The standard InChI is InChI=1S/C19H22N2O5S/c22-18(8-14-27(24,25)17-5-2-1-3-6-17)20-9-4-10-21(12-11-20)19(23)16-7-13-26-15-16/h1-3,5-7,13,15H,4,8-12,14H2. The van der Waals surface area contributed by atoms with Crippen molar-refractivity contribution in [3.63, 3.8) is 0 Å². The van der Waals surface area contributed by atoms with Gasteiger partial charge in [0, 0.05) is 32.6 Å². The first-order chi connectivity index (χ1) is 13.0. The van der Waals surface area contributed by atoms with Gasteiger partial charge in [-0.05, 0) is 24.6 Å². The van der Waals surface area contributed by atoms with Gasteiger partial charge in [-0.3, -0.25) is 9.59 Å². The molecule has 1 saturated heterocycles. The van der Waals surface area contributed by atoms with Crippen LogP contribution >= 0.6 is 0 Å². The molecule has 0 radical (unpaired) electrons. The summed E-state index contributed by atoms with van der Waals surface area (Å²) in [6.45, 7) is 1.88. The highest BCUT2D eigenvalue weighted by molar-refractivity contribution is 7.91. The maximum absolute atomic E-state index is 12.5. The minimum absolute atomic E-state index is 0.0626. The molecule has 0 aliphatic carbocycles. The minimum Gasteiger partial charge on any atom is -0.472 e. The summed E-state index contributed by atoms with van der Waals surface area (Å²) in [4.78, 5) is 28.4. The third-order valence-electron chi connectivity index (χ3n) is 4.59. The molecule has 1 fully saturated rings. The number of hydrogen-bond acceptors (Lipinski definition) is 5. The Morgan fingerprint density at radius 2 is 1.67 bits per heavy atom. The Hall–Kier alpha value is -2.61. The van der Waals surface area contributed by atoms with Gasteiger partial charge in [0.25, 0.3) is 5.91 Å². The quantitative estimate of drug-likeness (QED) is 0.777. The summed E-state index contributed by atoms with van der Waals surface area (Å²) >= 11 is 0. The zero-order valence-electron chi connectivity index (χ0n) is 14.9. The van der Waals surface area contributed by atoms with Gasteiger partial charge in [-0.1, -0.05) is 18.2 Å².